The second-order valence-corrected chi connectivity index (χ2v) is 8.30. The Balaban J connectivity index is 1.92. The Kier molecular flexibility index (Phi) is 4.66. The lowest BCUT2D eigenvalue weighted by atomic mass is 9.94. The monoisotopic (exact) mass is 430 g/mol. The van der Waals surface area contributed by atoms with Crippen molar-refractivity contribution >= 4 is 23.1 Å². The fourth-order valence-electron chi connectivity index (χ4n) is 4.49. The van der Waals surface area contributed by atoms with Crippen LogP contribution in [-0.2, 0) is 6.54 Å². The Bertz CT molecular complexity index is 1420. The Morgan fingerprint density at radius 2 is 1.78 bits per heavy atom. The minimum Gasteiger partial charge on any atom is -0.478 e. The molecule has 0 saturated heterocycles. The zero-order chi connectivity index (χ0) is 22.6. The van der Waals surface area contributed by atoms with Crippen molar-refractivity contribution in [3.8, 4) is 16.8 Å². The predicted molar refractivity (Wildman–Crippen MR) is 121 cm³/mol. The van der Waals surface area contributed by atoms with Crippen molar-refractivity contribution in [1.82, 2.24) is 4.57 Å². The molecule has 6 heteroatoms. The van der Waals surface area contributed by atoms with Crippen LogP contribution in [0.5, 0.6) is 0 Å². The molecule has 0 saturated carbocycles. The SMILES string of the molecule is CC(C)c1c(-c2cc(F)cc(C(=O)O)c2)c2cc3c(cc2n1-c1ccc(F)cc1)C=NC3. The number of carboxylic acid groups (broad SMARTS) is 1. The molecule has 0 fully saturated rings. The molecule has 1 N–H and O–H groups in total. The van der Waals surface area contributed by atoms with Crippen LogP contribution in [0.15, 0.2) is 59.6 Å². The van der Waals surface area contributed by atoms with Gasteiger partial charge in [0, 0.05) is 28.5 Å². The Morgan fingerprint density at radius 1 is 1.03 bits per heavy atom. The molecule has 4 nitrogen and oxygen atoms in total. The number of carboxylic acids is 1. The van der Waals surface area contributed by atoms with E-state index < -0.39 is 11.8 Å². The van der Waals surface area contributed by atoms with E-state index in [0.29, 0.717) is 12.1 Å². The van der Waals surface area contributed by atoms with Crippen LogP contribution >= 0.6 is 0 Å². The molecular weight excluding hydrogens is 410 g/mol. The van der Waals surface area contributed by atoms with E-state index in [1.54, 1.807) is 12.1 Å². The quantitative estimate of drug-likeness (QED) is 0.411. The Labute approximate surface area is 183 Å². The summed E-state index contributed by atoms with van der Waals surface area (Å²) < 4.78 is 30.2. The first-order chi connectivity index (χ1) is 15.3. The van der Waals surface area contributed by atoms with E-state index in [0.717, 1.165) is 45.0 Å². The largest absolute Gasteiger partial charge is 0.478 e. The average Bonchev–Trinajstić information content (AvgIpc) is 3.34. The van der Waals surface area contributed by atoms with Crippen LogP contribution in [0, 0.1) is 11.6 Å². The van der Waals surface area contributed by atoms with Crippen molar-refractivity contribution in [1.29, 1.82) is 0 Å². The van der Waals surface area contributed by atoms with Crippen molar-refractivity contribution in [3.05, 3.63) is 88.6 Å². The molecule has 3 aromatic carbocycles. The highest BCUT2D eigenvalue weighted by Crippen LogP contribution is 2.42. The summed E-state index contributed by atoms with van der Waals surface area (Å²) in [4.78, 5) is 16.0. The highest BCUT2D eigenvalue weighted by Gasteiger charge is 2.25. The molecular formula is C26H20F2N2O2. The number of nitrogens with zero attached hydrogens (tertiary/aromatic N) is 2. The zero-order valence-corrected chi connectivity index (χ0v) is 17.6. The lowest BCUT2D eigenvalue weighted by Gasteiger charge is -2.16. The summed E-state index contributed by atoms with van der Waals surface area (Å²) in [5.74, 6) is -2.11. The number of aromatic carboxylic acids is 1. The molecule has 0 radical (unpaired) electrons. The molecule has 0 spiro atoms. The van der Waals surface area contributed by atoms with E-state index in [-0.39, 0.29) is 17.3 Å². The predicted octanol–water partition coefficient (Wildman–Crippen LogP) is 6.33. The Morgan fingerprint density at radius 3 is 2.47 bits per heavy atom. The molecule has 0 bridgehead atoms. The molecule has 0 amide bonds. The van der Waals surface area contributed by atoms with Gasteiger partial charge in [0.05, 0.1) is 17.6 Å². The third kappa shape index (κ3) is 3.19. The summed E-state index contributed by atoms with van der Waals surface area (Å²) in [5.41, 5.74) is 5.77. The molecule has 0 atom stereocenters. The highest BCUT2D eigenvalue weighted by atomic mass is 19.1. The van der Waals surface area contributed by atoms with Crippen LogP contribution in [0.1, 0.15) is 46.9 Å². The summed E-state index contributed by atoms with van der Waals surface area (Å²) in [6.07, 6.45) is 1.83. The molecule has 32 heavy (non-hydrogen) atoms. The summed E-state index contributed by atoms with van der Waals surface area (Å²) in [7, 11) is 0. The van der Waals surface area contributed by atoms with E-state index in [1.807, 2.05) is 36.8 Å². The van der Waals surface area contributed by atoms with E-state index in [9.17, 15) is 18.7 Å². The molecule has 160 valence electrons. The van der Waals surface area contributed by atoms with Crippen LogP contribution in [0.25, 0.3) is 27.7 Å². The third-order valence-electron chi connectivity index (χ3n) is 5.82. The minimum atomic E-state index is -1.19. The number of aromatic nitrogens is 1. The van der Waals surface area contributed by atoms with Gasteiger partial charge in [-0.25, -0.2) is 13.6 Å². The van der Waals surface area contributed by atoms with Crippen LogP contribution in [0.2, 0.25) is 0 Å². The van der Waals surface area contributed by atoms with Crippen molar-refractivity contribution in [2.45, 2.75) is 26.3 Å². The van der Waals surface area contributed by atoms with Gasteiger partial charge in [0.25, 0.3) is 0 Å². The highest BCUT2D eigenvalue weighted by molar-refractivity contribution is 6.04. The molecule has 5 rings (SSSR count). The van der Waals surface area contributed by atoms with Gasteiger partial charge >= 0.3 is 5.97 Å². The molecule has 2 heterocycles. The van der Waals surface area contributed by atoms with E-state index >= 15 is 0 Å². The summed E-state index contributed by atoms with van der Waals surface area (Å²) in [5, 5.41) is 10.4. The smallest absolute Gasteiger partial charge is 0.335 e. The standard InChI is InChI=1S/C26H20F2N2O2/c1-14(2)25-24(15-7-16(26(31)32)9-20(28)8-15)22-10-17-12-29-13-18(17)11-23(22)30(25)21-5-3-19(27)4-6-21/h3-11,13-14H,12H2,1-2H3,(H,31,32). The van der Waals surface area contributed by atoms with Crippen molar-refractivity contribution in [2.24, 2.45) is 4.99 Å². The van der Waals surface area contributed by atoms with Gasteiger partial charge in [-0.2, -0.15) is 0 Å². The number of rotatable bonds is 4. The minimum absolute atomic E-state index is 0.0162. The maximum absolute atomic E-state index is 14.5. The summed E-state index contributed by atoms with van der Waals surface area (Å²) in [6, 6.07) is 14.2. The zero-order valence-electron chi connectivity index (χ0n) is 17.6. The number of aliphatic imine (C=N–C) groups is 1. The molecule has 0 unspecified atom stereocenters. The Hall–Kier alpha value is -3.80. The first-order valence-corrected chi connectivity index (χ1v) is 10.3. The van der Waals surface area contributed by atoms with Gasteiger partial charge in [-0.15, -0.1) is 0 Å². The normalized spacial score (nSPS) is 12.7. The van der Waals surface area contributed by atoms with E-state index in [2.05, 4.69) is 4.99 Å². The number of carbonyl (C=O) groups is 1. The van der Waals surface area contributed by atoms with E-state index in [4.69, 9.17) is 0 Å². The maximum Gasteiger partial charge on any atom is 0.335 e. The maximum atomic E-state index is 14.5. The fourth-order valence-corrected chi connectivity index (χ4v) is 4.49. The van der Waals surface area contributed by atoms with Gasteiger partial charge in [0.1, 0.15) is 11.6 Å². The first kappa shape index (κ1) is 20.1. The lowest BCUT2D eigenvalue weighted by Crippen LogP contribution is -2.04. The fraction of sp³-hybridized carbons (Fsp3) is 0.154. The van der Waals surface area contributed by atoms with Gasteiger partial charge in [-0.3, -0.25) is 4.99 Å². The number of fused-ring (bicyclic) bond motifs is 2. The van der Waals surface area contributed by atoms with Crippen molar-refractivity contribution in [3.63, 3.8) is 0 Å². The lowest BCUT2D eigenvalue weighted by molar-refractivity contribution is 0.0696. The van der Waals surface area contributed by atoms with Crippen LogP contribution in [-0.4, -0.2) is 21.9 Å². The van der Waals surface area contributed by atoms with Crippen LogP contribution in [0.4, 0.5) is 8.78 Å². The number of halogens is 2. The first-order valence-electron chi connectivity index (χ1n) is 10.3. The second-order valence-electron chi connectivity index (χ2n) is 8.30. The van der Waals surface area contributed by atoms with Gasteiger partial charge in [-0.05, 0) is 77.2 Å². The number of hydrogen-bond donors (Lipinski definition) is 1. The van der Waals surface area contributed by atoms with Gasteiger partial charge < -0.3 is 9.67 Å². The van der Waals surface area contributed by atoms with Gasteiger partial charge in [0.2, 0.25) is 0 Å². The molecule has 0 aliphatic carbocycles. The van der Waals surface area contributed by atoms with Crippen LogP contribution < -0.4 is 0 Å². The number of benzene rings is 3. The van der Waals surface area contributed by atoms with Crippen molar-refractivity contribution in [2.75, 3.05) is 0 Å². The van der Waals surface area contributed by atoms with E-state index in [1.165, 1.54) is 24.3 Å². The summed E-state index contributed by atoms with van der Waals surface area (Å²) >= 11 is 0. The number of hydrogen-bond acceptors (Lipinski definition) is 2. The third-order valence-corrected chi connectivity index (χ3v) is 5.82. The van der Waals surface area contributed by atoms with Gasteiger partial charge in [-0.1, -0.05) is 13.8 Å². The second kappa shape index (κ2) is 7.41. The summed E-state index contributed by atoms with van der Waals surface area (Å²) in [6.45, 7) is 4.63. The molecule has 1 aliphatic heterocycles. The average molecular weight is 430 g/mol. The molecule has 1 aromatic heterocycles. The van der Waals surface area contributed by atoms with Gasteiger partial charge in [0.15, 0.2) is 0 Å². The van der Waals surface area contributed by atoms with Crippen molar-refractivity contribution < 1.29 is 18.7 Å². The van der Waals surface area contributed by atoms with Crippen LogP contribution in [0.3, 0.4) is 0 Å². The molecule has 4 aromatic rings. The molecule has 1 aliphatic rings. The topological polar surface area (TPSA) is 54.6 Å².